The van der Waals surface area contributed by atoms with E-state index in [-0.39, 0.29) is 0 Å². The van der Waals surface area contributed by atoms with Gasteiger partial charge in [-0.3, -0.25) is 0 Å². The molecule has 0 saturated heterocycles. The Balaban J connectivity index is 2.06. The van der Waals surface area contributed by atoms with Gasteiger partial charge in [0, 0.05) is 12.7 Å². The summed E-state index contributed by atoms with van der Waals surface area (Å²) in [5.41, 5.74) is 8.80. The summed E-state index contributed by atoms with van der Waals surface area (Å²) in [6, 6.07) is 23.6. The molecule has 0 amide bonds. The van der Waals surface area contributed by atoms with Gasteiger partial charge in [0.1, 0.15) is 0 Å². The van der Waals surface area contributed by atoms with E-state index in [1.165, 1.54) is 39.6 Å². The molecule has 3 aromatic carbocycles. The van der Waals surface area contributed by atoms with Crippen molar-refractivity contribution in [3.05, 3.63) is 77.9 Å². The molecule has 2 nitrogen and oxygen atoms in total. The van der Waals surface area contributed by atoms with Crippen molar-refractivity contribution in [3.63, 3.8) is 0 Å². The van der Waals surface area contributed by atoms with E-state index < -0.39 is 0 Å². The Kier molecular flexibility index (Phi) is 3.12. The number of hydrogen-bond donors (Lipinski definition) is 0. The van der Waals surface area contributed by atoms with Crippen LogP contribution in [-0.4, -0.2) is 7.05 Å². The summed E-state index contributed by atoms with van der Waals surface area (Å²) in [5.74, 6) is 0. The molecular formula is C21H20N2. The molecule has 0 aliphatic carbocycles. The molecule has 0 atom stereocenters. The monoisotopic (exact) mass is 300 g/mol. The molecule has 0 bridgehead atoms. The smallest absolute Gasteiger partial charge is 0.0702 e. The summed E-state index contributed by atoms with van der Waals surface area (Å²) >= 11 is 0. The molecule has 0 spiro atoms. The summed E-state index contributed by atoms with van der Waals surface area (Å²) in [6.07, 6.45) is 0. The third-order valence-corrected chi connectivity index (χ3v) is 4.60. The number of rotatable bonds is 1. The Morgan fingerprint density at radius 2 is 1.13 bits per heavy atom. The highest BCUT2D eigenvalue weighted by atomic mass is 15.3. The maximum atomic E-state index is 2.37. The molecule has 0 N–H and O–H groups in total. The van der Waals surface area contributed by atoms with Crippen LogP contribution in [0.3, 0.4) is 0 Å². The van der Waals surface area contributed by atoms with Gasteiger partial charge in [-0.05, 0) is 49.2 Å². The van der Waals surface area contributed by atoms with Gasteiger partial charge in [-0.15, -0.1) is 0 Å². The first kappa shape index (κ1) is 13.9. The first-order chi connectivity index (χ1) is 11.2. The average Bonchev–Trinajstić information content (AvgIpc) is 2.56. The van der Waals surface area contributed by atoms with Crippen LogP contribution in [0.15, 0.2) is 66.7 Å². The molecule has 2 heteroatoms. The maximum Gasteiger partial charge on any atom is 0.0702 e. The van der Waals surface area contributed by atoms with Crippen LogP contribution in [0.4, 0.5) is 28.4 Å². The lowest BCUT2D eigenvalue weighted by Gasteiger charge is -2.40. The van der Waals surface area contributed by atoms with Crippen molar-refractivity contribution < 1.29 is 0 Å². The van der Waals surface area contributed by atoms with Crippen LogP contribution in [0.25, 0.3) is 0 Å². The fraction of sp³-hybridized carbons (Fsp3) is 0.143. The van der Waals surface area contributed by atoms with Crippen LogP contribution in [0.5, 0.6) is 0 Å². The lowest BCUT2D eigenvalue weighted by Crippen LogP contribution is -2.25. The Bertz CT molecular complexity index is 815. The van der Waals surface area contributed by atoms with E-state index in [4.69, 9.17) is 0 Å². The zero-order chi connectivity index (χ0) is 16.0. The van der Waals surface area contributed by atoms with Gasteiger partial charge in [0.05, 0.1) is 22.7 Å². The van der Waals surface area contributed by atoms with Crippen LogP contribution < -0.4 is 9.80 Å². The highest BCUT2D eigenvalue weighted by molar-refractivity contribution is 5.99. The molecule has 114 valence electrons. The predicted molar refractivity (Wildman–Crippen MR) is 98.7 cm³/mol. The Morgan fingerprint density at radius 1 is 0.609 bits per heavy atom. The summed E-state index contributed by atoms with van der Waals surface area (Å²) in [6.45, 7) is 4.36. The molecule has 0 fully saturated rings. The second-order valence-electron chi connectivity index (χ2n) is 6.12. The third kappa shape index (κ3) is 2.02. The Hall–Kier alpha value is -2.74. The molecule has 3 aromatic rings. The van der Waals surface area contributed by atoms with Gasteiger partial charge in [-0.2, -0.15) is 0 Å². The number of fused-ring (bicyclic) bond motifs is 2. The molecule has 1 aliphatic heterocycles. The van der Waals surface area contributed by atoms with Crippen LogP contribution >= 0.6 is 0 Å². The molecule has 23 heavy (non-hydrogen) atoms. The van der Waals surface area contributed by atoms with Gasteiger partial charge in [-0.1, -0.05) is 42.5 Å². The molecule has 0 radical (unpaired) electrons. The Labute approximate surface area is 137 Å². The van der Waals surface area contributed by atoms with Crippen molar-refractivity contribution in [1.82, 2.24) is 0 Å². The first-order valence-corrected chi connectivity index (χ1v) is 7.96. The van der Waals surface area contributed by atoms with E-state index in [0.717, 1.165) is 0 Å². The molecular weight excluding hydrogens is 280 g/mol. The Morgan fingerprint density at radius 3 is 1.65 bits per heavy atom. The van der Waals surface area contributed by atoms with E-state index in [1.807, 2.05) is 0 Å². The normalized spacial score (nSPS) is 12.8. The highest BCUT2D eigenvalue weighted by Gasteiger charge is 2.29. The number of anilines is 5. The fourth-order valence-electron chi connectivity index (χ4n) is 3.62. The van der Waals surface area contributed by atoms with E-state index in [0.29, 0.717) is 0 Å². The SMILES string of the molecule is Cc1cccc2c1N(C)c1c(C)cccc1N2c1ccccc1. The fourth-order valence-corrected chi connectivity index (χ4v) is 3.62. The minimum atomic E-state index is 1.19. The number of aryl methyl sites for hydroxylation is 2. The molecule has 1 aliphatic rings. The van der Waals surface area contributed by atoms with Gasteiger partial charge in [0.2, 0.25) is 0 Å². The van der Waals surface area contributed by atoms with E-state index in [1.54, 1.807) is 0 Å². The zero-order valence-electron chi connectivity index (χ0n) is 13.7. The van der Waals surface area contributed by atoms with Crippen molar-refractivity contribution in [3.8, 4) is 0 Å². The minimum absolute atomic E-state index is 1.19. The van der Waals surface area contributed by atoms with Crippen LogP contribution in [0.1, 0.15) is 11.1 Å². The summed E-state index contributed by atoms with van der Waals surface area (Å²) in [4.78, 5) is 4.69. The highest BCUT2D eigenvalue weighted by Crippen LogP contribution is 2.52. The third-order valence-electron chi connectivity index (χ3n) is 4.60. The van der Waals surface area contributed by atoms with Crippen molar-refractivity contribution in [2.45, 2.75) is 13.8 Å². The van der Waals surface area contributed by atoms with Gasteiger partial charge < -0.3 is 9.80 Å². The van der Waals surface area contributed by atoms with Crippen molar-refractivity contribution in [2.75, 3.05) is 16.8 Å². The van der Waals surface area contributed by atoms with Gasteiger partial charge >= 0.3 is 0 Å². The van der Waals surface area contributed by atoms with Gasteiger partial charge in [0.25, 0.3) is 0 Å². The molecule has 0 aromatic heterocycles. The van der Waals surface area contributed by atoms with Crippen molar-refractivity contribution in [1.29, 1.82) is 0 Å². The summed E-state index contributed by atoms with van der Waals surface area (Å²) in [5, 5.41) is 0. The van der Waals surface area contributed by atoms with Gasteiger partial charge in [-0.25, -0.2) is 0 Å². The second-order valence-corrected chi connectivity index (χ2v) is 6.12. The van der Waals surface area contributed by atoms with Crippen molar-refractivity contribution >= 4 is 28.4 Å². The van der Waals surface area contributed by atoms with E-state index >= 15 is 0 Å². The van der Waals surface area contributed by atoms with Crippen LogP contribution in [-0.2, 0) is 0 Å². The van der Waals surface area contributed by atoms with Crippen molar-refractivity contribution in [2.24, 2.45) is 0 Å². The minimum Gasteiger partial charge on any atom is -0.341 e. The van der Waals surface area contributed by atoms with E-state index in [9.17, 15) is 0 Å². The molecule has 1 heterocycles. The zero-order valence-corrected chi connectivity index (χ0v) is 13.7. The van der Waals surface area contributed by atoms with Gasteiger partial charge in [0.15, 0.2) is 0 Å². The lowest BCUT2D eigenvalue weighted by atomic mass is 10.0. The lowest BCUT2D eigenvalue weighted by molar-refractivity contribution is 1.10. The summed E-state index contributed by atoms with van der Waals surface area (Å²) in [7, 11) is 2.17. The predicted octanol–water partition coefficient (Wildman–Crippen LogP) is 5.85. The number of hydrogen-bond acceptors (Lipinski definition) is 2. The number of nitrogens with zero attached hydrogens (tertiary/aromatic N) is 2. The topological polar surface area (TPSA) is 6.48 Å². The molecule has 0 saturated carbocycles. The number of benzene rings is 3. The second kappa shape index (κ2) is 5.17. The average molecular weight is 300 g/mol. The number of para-hydroxylation sites is 3. The molecule has 0 unspecified atom stereocenters. The quantitative estimate of drug-likeness (QED) is 0.556. The van der Waals surface area contributed by atoms with E-state index in [2.05, 4.69) is 97.4 Å². The van der Waals surface area contributed by atoms with Crippen LogP contribution in [0.2, 0.25) is 0 Å². The largest absolute Gasteiger partial charge is 0.341 e. The summed E-state index contributed by atoms with van der Waals surface area (Å²) < 4.78 is 0. The first-order valence-electron chi connectivity index (χ1n) is 7.96. The maximum absolute atomic E-state index is 2.37. The standard InChI is InChI=1S/C21H20N2/c1-15-9-7-13-18-20(15)22(3)21-16(2)10-8-14-19(21)23(18)17-11-5-4-6-12-17/h4-14H,1-3H3. The molecule has 4 rings (SSSR count). The van der Waals surface area contributed by atoms with Crippen LogP contribution in [0, 0.1) is 13.8 Å².